The Morgan fingerprint density at radius 1 is 1.17 bits per heavy atom. The molecule has 1 aromatic carbocycles. The molecule has 1 aromatic heterocycles. The van der Waals surface area contributed by atoms with Gasteiger partial charge >= 0.3 is 0 Å². The van der Waals surface area contributed by atoms with E-state index < -0.39 is 6.10 Å². The van der Waals surface area contributed by atoms with Crippen molar-refractivity contribution in [3.8, 4) is 17.1 Å². The fourth-order valence-electron chi connectivity index (χ4n) is 5.81. The number of hydrogen-bond acceptors (Lipinski definition) is 8. The van der Waals surface area contributed by atoms with Crippen LogP contribution in [0.1, 0.15) is 44.9 Å². The molecule has 2 aromatic rings. The van der Waals surface area contributed by atoms with Gasteiger partial charge in [-0.15, -0.1) is 0 Å². The van der Waals surface area contributed by atoms with Gasteiger partial charge in [0.25, 0.3) is 0 Å². The molecule has 2 saturated heterocycles. The first-order chi connectivity index (χ1) is 17.5. The number of benzene rings is 1. The van der Waals surface area contributed by atoms with E-state index in [1.807, 2.05) is 31.3 Å². The van der Waals surface area contributed by atoms with Crippen LogP contribution in [0, 0.1) is 5.41 Å². The van der Waals surface area contributed by atoms with Crippen LogP contribution in [0.2, 0.25) is 0 Å². The molecule has 3 fully saturated rings. The lowest BCUT2D eigenvalue weighted by Gasteiger charge is -2.52. The van der Waals surface area contributed by atoms with Crippen LogP contribution in [0.3, 0.4) is 0 Å². The summed E-state index contributed by atoms with van der Waals surface area (Å²) in [6.07, 6.45) is 8.05. The van der Waals surface area contributed by atoms with Gasteiger partial charge < -0.3 is 29.7 Å². The van der Waals surface area contributed by atoms with Gasteiger partial charge in [0.2, 0.25) is 0 Å². The first kappa shape index (κ1) is 25.2. The number of likely N-dealkylation sites (N-methyl/N-ethyl adjacent to an activating group) is 1. The zero-order valence-corrected chi connectivity index (χ0v) is 21.8. The van der Waals surface area contributed by atoms with E-state index in [-0.39, 0.29) is 6.61 Å². The van der Waals surface area contributed by atoms with Crippen molar-refractivity contribution in [1.29, 1.82) is 0 Å². The van der Waals surface area contributed by atoms with Gasteiger partial charge in [-0.3, -0.25) is 0 Å². The van der Waals surface area contributed by atoms with Gasteiger partial charge in [0.15, 0.2) is 5.82 Å². The lowest BCUT2D eigenvalue weighted by molar-refractivity contribution is -0.000453. The Hall–Kier alpha value is -2.42. The molecule has 3 aliphatic rings. The number of nitrogens with zero attached hydrogens (tertiary/aromatic N) is 4. The van der Waals surface area contributed by atoms with E-state index in [1.54, 1.807) is 0 Å². The average Bonchev–Trinajstić information content (AvgIpc) is 2.91. The van der Waals surface area contributed by atoms with Gasteiger partial charge in [0.1, 0.15) is 30.1 Å². The minimum atomic E-state index is -0.557. The van der Waals surface area contributed by atoms with Gasteiger partial charge in [-0.1, -0.05) is 31.4 Å². The smallest absolute Gasteiger partial charge is 0.163 e. The number of aromatic nitrogens is 2. The van der Waals surface area contributed by atoms with Gasteiger partial charge in [-0.25, -0.2) is 9.97 Å². The summed E-state index contributed by atoms with van der Waals surface area (Å²) >= 11 is 0. The molecular formula is C28H41N5O3. The third-order valence-electron chi connectivity index (χ3n) is 8.09. The van der Waals surface area contributed by atoms with Crippen LogP contribution < -0.4 is 19.9 Å². The van der Waals surface area contributed by atoms with Gasteiger partial charge in [-0.05, 0) is 44.9 Å². The van der Waals surface area contributed by atoms with Crippen molar-refractivity contribution in [2.45, 2.75) is 57.1 Å². The molecule has 0 bridgehead atoms. The normalized spacial score (nSPS) is 20.7. The summed E-state index contributed by atoms with van der Waals surface area (Å²) in [7, 11) is 4.00. The second-order valence-electron chi connectivity index (χ2n) is 10.8. The molecule has 0 radical (unpaired) electrons. The average molecular weight is 496 g/mol. The number of rotatable bonds is 9. The highest BCUT2D eigenvalue weighted by molar-refractivity contribution is 5.64. The quantitative estimate of drug-likeness (QED) is 0.547. The molecule has 1 atom stereocenters. The molecule has 196 valence electrons. The summed E-state index contributed by atoms with van der Waals surface area (Å²) < 4.78 is 11.5. The van der Waals surface area contributed by atoms with Crippen LogP contribution in [0.15, 0.2) is 30.3 Å². The maximum atomic E-state index is 10.0. The van der Waals surface area contributed by atoms with Crippen LogP contribution in [0.5, 0.6) is 5.75 Å². The number of ether oxygens (including phenoxy) is 2. The monoisotopic (exact) mass is 495 g/mol. The third-order valence-corrected chi connectivity index (χ3v) is 8.09. The Morgan fingerprint density at radius 2 is 1.94 bits per heavy atom. The van der Waals surface area contributed by atoms with Crippen molar-refractivity contribution < 1.29 is 14.6 Å². The Morgan fingerprint density at radius 3 is 2.69 bits per heavy atom. The molecule has 1 unspecified atom stereocenters. The summed E-state index contributed by atoms with van der Waals surface area (Å²) in [6, 6.07) is 10.6. The van der Waals surface area contributed by atoms with Gasteiger partial charge in [0.05, 0.1) is 0 Å². The molecule has 5 rings (SSSR count). The summed E-state index contributed by atoms with van der Waals surface area (Å²) in [5.74, 6) is 3.43. The maximum absolute atomic E-state index is 10.0. The lowest BCUT2D eigenvalue weighted by atomic mass is 9.73. The topological polar surface area (TPSA) is 83.0 Å². The molecule has 1 spiro atoms. The molecular weight excluding hydrogens is 454 g/mol. The Balaban J connectivity index is 1.40. The van der Waals surface area contributed by atoms with Crippen LogP contribution >= 0.6 is 0 Å². The van der Waals surface area contributed by atoms with Gasteiger partial charge in [-0.2, -0.15) is 0 Å². The number of anilines is 2. The lowest BCUT2D eigenvalue weighted by Crippen LogP contribution is -2.58. The number of aliphatic hydroxyl groups is 1. The molecule has 1 saturated carbocycles. The highest BCUT2D eigenvalue weighted by Gasteiger charge is 2.44. The van der Waals surface area contributed by atoms with Crippen LogP contribution in [-0.4, -0.2) is 80.8 Å². The summed E-state index contributed by atoms with van der Waals surface area (Å²) in [5.41, 5.74) is 1.30. The molecule has 0 amide bonds. The standard InChI is InChI=1S/C28H41N5O3/c1-29-17-23(34)18-36-24-10-6-7-21(15-24)27-30-25(32(2)22-8-4-3-5-9-22)16-26(31-27)33-19-28(20-33)11-13-35-14-12-28/h6-7,10,15-16,22-23,29,34H,3-5,8-9,11-14,17-20H2,1-2H3. The van der Waals surface area contributed by atoms with E-state index in [1.165, 1.54) is 32.1 Å². The van der Waals surface area contributed by atoms with E-state index >= 15 is 0 Å². The first-order valence-corrected chi connectivity index (χ1v) is 13.6. The molecule has 2 aliphatic heterocycles. The van der Waals surface area contributed by atoms with E-state index in [4.69, 9.17) is 19.4 Å². The zero-order valence-electron chi connectivity index (χ0n) is 21.8. The second-order valence-corrected chi connectivity index (χ2v) is 10.8. The Kier molecular flexibility index (Phi) is 7.93. The van der Waals surface area contributed by atoms with Crippen molar-refractivity contribution >= 4 is 11.6 Å². The predicted octanol–water partition coefficient (Wildman–Crippen LogP) is 3.49. The zero-order chi connectivity index (χ0) is 25.0. The summed E-state index contributed by atoms with van der Waals surface area (Å²) in [5, 5.41) is 13.0. The van der Waals surface area contributed by atoms with Gasteiger partial charge in [0, 0.05) is 63.0 Å². The minimum Gasteiger partial charge on any atom is -0.491 e. The number of nitrogens with one attached hydrogen (secondary N) is 1. The number of hydrogen-bond donors (Lipinski definition) is 2. The molecule has 36 heavy (non-hydrogen) atoms. The Bertz CT molecular complexity index is 998. The largest absolute Gasteiger partial charge is 0.491 e. The Labute approximate surface area is 215 Å². The molecule has 2 N–H and O–H groups in total. The SMILES string of the molecule is CNCC(O)COc1cccc(-c2nc(N3CC4(CCOCC4)C3)cc(N(C)C3CCCCC3)n2)c1. The molecule has 8 nitrogen and oxygen atoms in total. The molecule has 8 heteroatoms. The van der Waals surface area contributed by atoms with E-state index in [0.717, 1.165) is 62.2 Å². The minimum absolute atomic E-state index is 0.237. The fraction of sp³-hybridized carbons (Fsp3) is 0.643. The third kappa shape index (κ3) is 5.76. The molecule has 1 aliphatic carbocycles. The van der Waals surface area contributed by atoms with Crippen molar-refractivity contribution in [3.63, 3.8) is 0 Å². The maximum Gasteiger partial charge on any atom is 0.163 e. The number of aliphatic hydroxyl groups excluding tert-OH is 1. The highest BCUT2D eigenvalue weighted by Crippen LogP contribution is 2.42. The van der Waals surface area contributed by atoms with Crippen LogP contribution in [-0.2, 0) is 4.74 Å². The van der Waals surface area contributed by atoms with E-state index in [0.29, 0.717) is 23.8 Å². The first-order valence-electron chi connectivity index (χ1n) is 13.6. The predicted molar refractivity (Wildman–Crippen MR) is 143 cm³/mol. The fourth-order valence-corrected chi connectivity index (χ4v) is 5.81. The molecule has 3 heterocycles. The van der Waals surface area contributed by atoms with Crippen molar-refractivity contribution in [1.82, 2.24) is 15.3 Å². The van der Waals surface area contributed by atoms with E-state index in [2.05, 4.69) is 28.2 Å². The van der Waals surface area contributed by atoms with Crippen molar-refractivity contribution in [2.24, 2.45) is 5.41 Å². The summed E-state index contributed by atoms with van der Waals surface area (Å²) in [6.45, 7) is 4.53. The van der Waals surface area contributed by atoms with Crippen molar-refractivity contribution in [3.05, 3.63) is 30.3 Å². The van der Waals surface area contributed by atoms with Crippen LogP contribution in [0.25, 0.3) is 11.4 Å². The van der Waals surface area contributed by atoms with Crippen LogP contribution in [0.4, 0.5) is 11.6 Å². The van der Waals surface area contributed by atoms with Crippen molar-refractivity contribution in [2.75, 3.05) is 63.4 Å². The van der Waals surface area contributed by atoms with E-state index in [9.17, 15) is 5.11 Å². The summed E-state index contributed by atoms with van der Waals surface area (Å²) in [4.78, 5) is 14.9. The second kappa shape index (κ2) is 11.3. The highest BCUT2D eigenvalue weighted by atomic mass is 16.5.